The maximum absolute atomic E-state index is 13.4. The fourth-order valence-electron chi connectivity index (χ4n) is 3.00. The molecule has 0 radical (unpaired) electrons. The number of rotatable bonds is 4. The Balaban J connectivity index is 2.17. The van der Waals surface area contributed by atoms with Crippen molar-refractivity contribution in [3.63, 3.8) is 0 Å². The molecule has 1 aromatic carbocycles. The minimum atomic E-state index is -0.217. The molecule has 2 atom stereocenters. The maximum atomic E-state index is 13.4. The molecule has 1 fully saturated rings. The smallest absolute Gasteiger partial charge is 0.123 e. The van der Waals surface area contributed by atoms with Crippen LogP contribution in [0, 0.1) is 11.7 Å². The second kappa shape index (κ2) is 6.35. The van der Waals surface area contributed by atoms with Gasteiger partial charge in [-0.15, -0.1) is 0 Å². The summed E-state index contributed by atoms with van der Waals surface area (Å²) in [5.74, 6) is 1.12. The number of ether oxygens (including phenoxy) is 1. The van der Waals surface area contributed by atoms with Crippen LogP contribution < -0.4 is 10.5 Å². The molecule has 2 N–H and O–H groups in total. The van der Waals surface area contributed by atoms with E-state index in [0.717, 1.165) is 17.9 Å². The Labute approximate surface area is 114 Å². The lowest BCUT2D eigenvalue weighted by Gasteiger charge is -2.39. The zero-order valence-corrected chi connectivity index (χ0v) is 11.7. The van der Waals surface area contributed by atoms with Gasteiger partial charge in [0, 0.05) is 24.7 Å². The van der Waals surface area contributed by atoms with Crippen LogP contribution in [0.5, 0.6) is 5.75 Å². The van der Waals surface area contributed by atoms with Gasteiger partial charge < -0.3 is 10.5 Å². The molecule has 4 heteroatoms. The van der Waals surface area contributed by atoms with Crippen LogP contribution in [0.15, 0.2) is 18.2 Å². The Morgan fingerprint density at radius 2 is 2.26 bits per heavy atom. The van der Waals surface area contributed by atoms with Gasteiger partial charge in [-0.05, 0) is 43.5 Å². The summed E-state index contributed by atoms with van der Waals surface area (Å²) < 4.78 is 18.7. The van der Waals surface area contributed by atoms with Gasteiger partial charge in [0.05, 0.1) is 7.11 Å². The molecule has 1 saturated heterocycles. The molecule has 1 aromatic rings. The highest BCUT2D eigenvalue weighted by molar-refractivity contribution is 5.34. The van der Waals surface area contributed by atoms with Crippen molar-refractivity contribution in [1.82, 2.24) is 4.90 Å². The lowest BCUT2D eigenvalue weighted by Crippen LogP contribution is -2.48. The molecule has 1 aliphatic heterocycles. The third-order valence-corrected chi connectivity index (χ3v) is 4.09. The summed E-state index contributed by atoms with van der Waals surface area (Å²) in [6.07, 6.45) is 2.40. The fourth-order valence-corrected chi connectivity index (χ4v) is 3.00. The van der Waals surface area contributed by atoms with Gasteiger partial charge in [-0.3, -0.25) is 4.90 Å². The summed E-state index contributed by atoms with van der Waals surface area (Å²) in [6.45, 7) is 4.62. The molecule has 0 aromatic heterocycles. The number of hydrogen-bond acceptors (Lipinski definition) is 3. The lowest BCUT2D eigenvalue weighted by molar-refractivity contribution is 0.0981. The van der Waals surface area contributed by atoms with Gasteiger partial charge in [-0.25, -0.2) is 4.39 Å². The highest BCUT2D eigenvalue weighted by atomic mass is 19.1. The Morgan fingerprint density at radius 1 is 1.47 bits per heavy atom. The molecule has 2 rings (SSSR count). The number of benzene rings is 1. The van der Waals surface area contributed by atoms with Gasteiger partial charge in [0.25, 0.3) is 0 Å². The van der Waals surface area contributed by atoms with E-state index in [1.54, 1.807) is 19.2 Å². The standard InChI is InChI=1S/C15H23FN2O/c1-11-4-3-7-18(14(11)9-17)10-12-8-13(16)5-6-15(12)19-2/h5-6,8,11,14H,3-4,7,9-10,17H2,1-2H3. The van der Waals surface area contributed by atoms with Crippen molar-refractivity contribution < 1.29 is 9.13 Å². The minimum Gasteiger partial charge on any atom is -0.496 e. The van der Waals surface area contributed by atoms with E-state index in [9.17, 15) is 4.39 Å². The second-order valence-corrected chi connectivity index (χ2v) is 5.35. The molecule has 0 aliphatic carbocycles. The van der Waals surface area contributed by atoms with Gasteiger partial charge in [0.2, 0.25) is 0 Å². The molecule has 1 heterocycles. The number of nitrogens with zero attached hydrogens (tertiary/aromatic N) is 1. The predicted molar refractivity (Wildman–Crippen MR) is 74.6 cm³/mol. The number of likely N-dealkylation sites (tertiary alicyclic amines) is 1. The summed E-state index contributed by atoms with van der Waals surface area (Å²) in [5, 5.41) is 0. The third-order valence-electron chi connectivity index (χ3n) is 4.09. The summed E-state index contributed by atoms with van der Waals surface area (Å²) in [4.78, 5) is 2.35. The number of halogens is 1. The number of piperidine rings is 1. The van der Waals surface area contributed by atoms with Gasteiger partial charge in [0.1, 0.15) is 11.6 Å². The highest BCUT2D eigenvalue weighted by Crippen LogP contribution is 2.27. The van der Waals surface area contributed by atoms with Crippen molar-refractivity contribution in [2.24, 2.45) is 11.7 Å². The molecule has 19 heavy (non-hydrogen) atoms. The Morgan fingerprint density at radius 3 is 2.95 bits per heavy atom. The monoisotopic (exact) mass is 266 g/mol. The van der Waals surface area contributed by atoms with E-state index in [1.807, 2.05) is 0 Å². The predicted octanol–water partition coefficient (Wildman–Crippen LogP) is 2.39. The summed E-state index contributed by atoms with van der Waals surface area (Å²) in [6, 6.07) is 5.06. The first kappa shape index (κ1) is 14.3. The third kappa shape index (κ3) is 3.25. The molecule has 2 unspecified atom stereocenters. The molecule has 0 spiro atoms. The molecule has 0 bridgehead atoms. The first-order chi connectivity index (χ1) is 9.15. The number of nitrogens with two attached hydrogens (primary N) is 1. The van der Waals surface area contributed by atoms with Crippen LogP contribution in [-0.4, -0.2) is 31.1 Å². The van der Waals surface area contributed by atoms with Gasteiger partial charge in [-0.2, -0.15) is 0 Å². The summed E-state index contributed by atoms with van der Waals surface area (Å²) in [5.41, 5.74) is 6.79. The zero-order valence-electron chi connectivity index (χ0n) is 11.7. The van der Waals surface area contributed by atoms with E-state index >= 15 is 0 Å². The van der Waals surface area contributed by atoms with E-state index in [-0.39, 0.29) is 5.82 Å². The number of hydrogen-bond donors (Lipinski definition) is 1. The van der Waals surface area contributed by atoms with E-state index < -0.39 is 0 Å². The van der Waals surface area contributed by atoms with Gasteiger partial charge in [-0.1, -0.05) is 6.92 Å². The Hall–Kier alpha value is -1.13. The molecule has 0 saturated carbocycles. The van der Waals surface area contributed by atoms with Crippen LogP contribution in [-0.2, 0) is 6.54 Å². The maximum Gasteiger partial charge on any atom is 0.123 e. The van der Waals surface area contributed by atoms with Crippen molar-refractivity contribution in [2.45, 2.75) is 32.4 Å². The molecule has 106 valence electrons. The molecule has 3 nitrogen and oxygen atoms in total. The first-order valence-corrected chi connectivity index (χ1v) is 6.92. The van der Waals surface area contributed by atoms with Crippen molar-refractivity contribution in [2.75, 3.05) is 20.2 Å². The van der Waals surface area contributed by atoms with Gasteiger partial charge in [0.15, 0.2) is 0 Å². The van der Waals surface area contributed by atoms with Crippen LogP contribution in [0.4, 0.5) is 4.39 Å². The van der Waals surface area contributed by atoms with Crippen molar-refractivity contribution in [3.8, 4) is 5.75 Å². The average molecular weight is 266 g/mol. The topological polar surface area (TPSA) is 38.5 Å². The molecular formula is C15H23FN2O. The Bertz CT molecular complexity index is 425. The summed E-state index contributed by atoms with van der Waals surface area (Å²) in [7, 11) is 1.62. The zero-order chi connectivity index (χ0) is 13.8. The molecule has 1 aliphatic rings. The molecule has 0 amide bonds. The van der Waals surface area contributed by atoms with E-state index in [2.05, 4.69) is 11.8 Å². The highest BCUT2D eigenvalue weighted by Gasteiger charge is 2.27. The van der Waals surface area contributed by atoms with Gasteiger partial charge >= 0.3 is 0 Å². The van der Waals surface area contributed by atoms with Crippen LogP contribution in [0.2, 0.25) is 0 Å². The lowest BCUT2D eigenvalue weighted by atomic mass is 9.90. The summed E-state index contributed by atoms with van der Waals surface area (Å²) >= 11 is 0. The van der Waals surface area contributed by atoms with E-state index in [4.69, 9.17) is 10.5 Å². The minimum absolute atomic E-state index is 0.217. The average Bonchev–Trinajstić information content (AvgIpc) is 2.39. The second-order valence-electron chi connectivity index (χ2n) is 5.35. The van der Waals surface area contributed by atoms with Crippen LogP contribution in [0.1, 0.15) is 25.3 Å². The quantitative estimate of drug-likeness (QED) is 0.909. The van der Waals surface area contributed by atoms with Crippen LogP contribution in [0.25, 0.3) is 0 Å². The first-order valence-electron chi connectivity index (χ1n) is 6.92. The SMILES string of the molecule is COc1ccc(F)cc1CN1CCCC(C)C1CN. The fraction of sp³-hybridized carbons (Fsp3) is 0.600. The van der Waals surface area contributed by atoms with Crippen LogP contribution in [0.3, 0.4) is 0 Å². The van der Waals surface area contributed by atoms with Crippen molar-refractivity contribution in [3.05, 3.63) is 29.6 Å². The number of methoxy groups -OCH3 is 1. The normalized spacial score (nSPS) is 24.4. The molecular weight excluding hydrogens is 243 g/mol. The van der Waals surface area contributed by atoms with Crippen molar-refractivity contribution >= 4 is 0 Å². The Kier molecular flexibility index (Phi) is 4.77. The van der Waals surface area contributed by atoms with Crippen molar-refractivity contribution in [1.29, 1.82) is 0 Å². The largest absolute Gasteiger partial charge is 0.496 e. The van der Waals surface area contributed by atoms with Crippen LogP contribution >= 0.6 is 0 Å². The van der Waals surface area contributed by atoms with E-state index in [1.165, 1.54) is 18.9 Å². The van der Waals surface area contributed by atoms with E-state index in [0.29, 0.717) is 25.0 Å².